The average Bonchev–Trinajstić information content (AvgIpc) is 2.68. The molecule has 0 radical (unpaired) electrons. The summed E-state index contributed by atoms with van der Waals surface area (Å²) in [4.78, 5) is 0. The zero-order valence-corrected chi connectivity index (χ0v) is 20.7. The van der Waals surface area contributed by atoms with Crippen LogP contribution in [0.1, 0.15) is 136 Å². The van der Waals surface area contributed by atoms with Gasteiger partial charge in [0.15, 0.2) is 0 Å². The topological polar surface area (TPSA) is 57.2 Å². The van der Waals surface area contributed by atoms with Gasteiger partial charge in [0.05, 0.1) is 19.6 Å². The molecule has 0 aromatic heterocycles. The smallest absolute Gasteiger partial charge is 0.254 e. The normalized spacial score (nSPS) is 12.6. The van der Waals surface area contributed by atoms with E-state index in [1.165, 1.54) is 57.8 Å². The summed E-state index contributed by atoms with van der Waals surface area (Å²) in [5, 5.41) is 0. The summed E-state index contributed by atoms with van der Waals surface area (Å²) in [5.41, 5.74) is 0. The van der Waals surface area contributed by atoms with Crippen LogP contribution in [0.2, 0.25) is 0 Å². The van der Waals surface area contributed by atoms with Crippen molar-refractivity contribution in [1.29, 1.82) is 0 Å². The molecule has 0 bridgehead atoms. The Hall–Kier alpha value is -0.130. The number of rotatable bonds is 22. The first-order valence-corrected chi connectivity index (χ1v) is 14.1. The minimum absolute atomic E-state index is 0.206. The van der Waals surface area contributed by atoms with E-state index in [9.17, 15) is 13.0 Å². The molecule has 0 unspecified atom stereocenters. The molecule has 0 amide bonds. The molecule has 0 saturated heterocycles. The minimum Gasteiger partial charge on any atom is -0.702 e. The SMILES string of the molecule is CCCCCCCC[N+](CCCCCCCC)(CCCCCCCC)S(=O)(=O)[O-]. The summed E-state index contributed by atoms with van der Waals surface area (Å²) in [7, 11) is -4.33. The summed E-state index contributed by atoms with van der Waals surface area (Å²) in [6, 6.07) is 0. The number of hydrogen-bond donors (Lipinski definition) is 0. The van der Waals surface area contributed by atoms with Crippen molar-refractivity contribution in [2.45, 2.75) is 136 Å². The van der Waals surface area contributed by atoms with Gasteiger partial charge in [-0.05, 0) is 38.5 Å². The van der Waals surface area contributed by atoms with Crippen LogP contribution >= 0.6 is 0 Å². The fraction of sp³-hybridized carbons (Fsp3) is 1.00. The van der Waals surface area contributed by atoms with Gasteiger partial charge in [0.25, 0.3) is 10.3 Å². The Morgan fingerprint density at radius 2 is 0.724 bits per heavy atom. The predicted molar refractivity (Wildman–Crippen MR) is 125 cm³/mol. The Labute approximate surface area is 183 Å². The van der Waals surface area contributed by atoms with Crippen LogP contribution in [0.3, 0.4) is 0 Å². The fourth-order valence-electron chi connectivity index (χ4n) is 4.21. The van der Waals surface area contributed by atoms with Crippen LogP contribution in [0.25, 0.3) is 0 Å². The molecule has 176 valence electrons. The summed E-state index contributed by atoms with van der Waals surface area (Å²) in [6.07, 6.45) is 20.2. The lowest BCUT2D eigenvalue weighted by Crippen LogP contribution is -2.54. The summed E-state index contributed by atoms with van der Waals surface area (Å²) < 4.78 is 36.9. The summed E-state index contributed by atoms with van der Waals surface area (Å²) in [6.45, 7) is 8.15. The molecule has 0 fully saturated rings. The fourth-order valence-corrected chi connectivity index (χ4v) is 5.27. The molecule has 0 spiro atoms. The highest BCUT2D eigenvalue weighted by Crippen LogP contribution is 2.22. The second-order valence-electron chi connectivity index (χ2n) is 8.96. The van der Waals surface area contributed by atoms with Gasteiger partial charge in [-0.15, -0.1) is 0 Å². The maximum absolute atomic E-state index is 12.4. The van der Waals surface area contributed by atoms with E-state index in [0.717, 1.165) is 57.8 Å². The number of quaternary nitrogens is 1. The van der Waals surface area contributed by atoms with E-state index >= 15 is 0 Å². The number of unbranched alkanes of at least 4 members (excludes halogenated alkanes) is 15. The van der Waals surface area contributed by atoms with Crippen LogP contribution in [-0.2, 0) is 10.3 Å². The third-order valence-corrected chi connectivity index (χ3v) is 7.73. The van der Waals surface area contributed by atoms with Gasteiger partial charge in [0.2, 0.25) is 0 Å². The third kappa shape index (κ3) is 14.5. The van der Waals surface area contributed by atoms with Crippen LogP contribution in [0, 0.1) is 0 Å². The molecular formula is C24H51NO3S. The predicted octanol–water partition coefficient (Wildman–Crippen LogP) is 7.34. The van der Waals surface area contributed by atoms with Gasteiger partial charge in [-0.25, -0.2) is 3.89 Å². The van der Waals surface area contributed by atoms with E-state index in [1.807, 2.05) is 0 Å². The molecule has 29 heavy (non-hydrogen) atoms. The van der Waals surface area contributed by atoms with Gasteiger partial charge in [-0.1, -0.05) is 97.8 Å². The van der Waals surface area contributed by atoms with Crippen LogP contribution in [-0.4, -0.2) is 36.5 Å². The number of hydrogen-bond acceptors (Lipinski definition) is 3. The van der Waals surface area contributed by atoms with Crippen molar-refractivity contribution in [2.24, 2.45) is 0 Å². The molecule has 0 aliphatic carbocycles. The van der Waals surface area contributed by atoms with Crippen molar-refractivity contribution in [2.75, 3.05) is 19.6 Å². The Morgan fingerprint density at radius 1 is 0.483 bits per heavy atom. The van der Waals surface area contributed by atoms with E-state index in [1.54, 1.807) is 0 Å². The second-order valence-corrected chi connectivity index (χ2v) is 10.6. The highest BCUT2D eigenvalue weighted by Gasteiger charge is 2.33. The van der Waals surface area contributed by atoms with Gasteiger partial charge in [-0.3, -0.25) is 0 Å². The largest absolute Gasteiger partial charge is 0.702 e. The highest BCUT2D eigenvalue weighted by atomic mass is 32.2. The van der Waals surface area contributed by atoms with Crippen molar-refractivity contribution >= 4 is 10.3 Å². The van der Waals surface area contributed by atoms with E-state index < -0.39 is 10.3 Å². The third-order valence-electron chi connectivity index (χ3n) is 6.23. The first-order valence-electron chi connectivity index (χ1n) is 12.8. The Balaban J connectivity index is 4.72. The van der Waals surface area contributed by atoms with Crippen molar-refractivity contribution in [3.8, 4) is 0 Å². The van der Waals surface area contributed by atoms with Crippen LogP contribution < -0.4 is 0 Å². The van der Waals surface area contributed by atoms with Crippen molar-refractivity contribution < 1.29 is 16.9 Å². The Bertz CT molecular complexity index is 410. The molecule has 0 heterocycles. The standard InChI is InChI=1S/C24H51NO3S/c1-4-7-10-13-16-19-22-25(29(26,27)28,23-20-17-14-11-8-5-2)24-21-18-15-12-9-6-3/h4-24H2,1-3H3. The summed E-state index contributed by atoms with van der Waals surface area (Å²) >= 11 is 0. The zero-order valence-electron chi connectivity index (χ0n) is 19.9. The highest BCUT2D eigenvalue weighted by molar-refractivity contribution is 7.80. The van der Waals surface area contributed by atoms with E-state index in [2.05, 4.69) is 20.8 Å². The van der Waals surface area contributed by atoms with Gasteiger partial charge in [-0.2, -0.15) is 8.42 Å². The molecule has 0 saturated carbocycles. The zero-order chi connectivity index (χ0) is 21.8. The van der Waals surface area contributed by atoms with E-state index in [4.69, 9.17) is 0 Å². The van der Waals surface area contributed by atoms with Crippen LogP contribution in [0.5, 0.6) is 0 Å². The monoisotopic (exact) mass is 433 g/mol. The van der Waals surface area contributed by atoms with E-state index in [-0.39, 0.29) is 3.89 Å². The molecule has 0 N–H and O–H groups in total. The van der Waals surface area contributed by atoms with Gasteiger partial charge < -0.3 is 4.55 Å². The first-order chi connectivity index (χ1) is 13.9. The van der Waals surface area contributed by atoms with Gasteiger partial charge in [0, 0.05) is 0 Å². The molecular weight excluding hydrogens is 382 g/mol. The molecule has 0 aliphatic heterocycles. The second kappa shape index (κ2) is 18.6. The first kappa shape index (κ1) is 28.9. The maximum Gasteiger partial charge on any atom is 0.254 e. The van der Waals surface area contributed by atoms with Crippen LogP contribution in [0.4, 0.5) is 0 Å². The Morgan fingerprint density at radius 3 is 0.966 bits per heavy atom. The van der Waals surface area contributed by atoms with Crippen molar-refractivity contribution in [3.05, 3.63) is 0 Å². The molecule has 0 atom stereocenters. The van der Waals surface area contributed by atoms with Crippen molar-refractivity contribution in [3.63, 3.8) is 0 Å². The lowest BCUT2D eigenvalue weighted by Gasteiger charge is -2.39. The molecule has 0 aromatic rings. The maximum atomic E-state index is 12.4. The Kier molecular flexibility index (Phi) is 18.5. The molecule has 0 rings (SSSR count). The quantitative estimate of drug-likeness (QED) is 0.102. The molecule has 0 aromatic carbocycles. The summed E-state index contributed by atoms with van der Waals surface area (Å²) in [5.74, 6) is 0. The van der Waals surface area contributed by atoms with Gasteiger partial charge in [0.1, 0.15) is 0 Å². The average molecular weight is 434 g/mol. The lowest BCUT2D eigenvalue weighted by atomic mass is 10.1. The van der Waals surface area contributed by atoms with Crippen LogP contribution in [0.15, 0.2) is 0 Å². The van der Waals surface area contributed by atoms with E-state index in [0.29, 0.717) is 19.6 Å². The minimum atomic E-state index is -4.33. The molecule has 0 aliphatic rings. The van der Waals surface area contributed by atoms with Gasteiger partial charge >= 0.3 is 0 Å². The van der Waals surface area contributed by atoms with Crippen molar-refractivity contribution in [1.82, 2.24) is 0 Å². The number of nitrogens with zero attached hydrogens (tertiary/aromatic N) is 1. The lowest BCUT2D eigenvalue weighted by molar-refractivity contribution is -0.812. The molecule has 5 heteroatoms. The molecule has 4 nitrogen and oxygen atoms in total.